The molecule has 0 saturated carbocycles. The summed E-state index contributed by atoms with van der Waals surface area (Å²) in [4.78, 5) is 12.5. The lowest BCUT2D eigenvalue weighted by Crippen LogP contribution is -2.43. The quantitative estimate of drug-likeness (QED) is 0.595. The van der Waals surface area contributed by atoms with Crippen molar-refractivity contribution in [1.82, 2.24) is 9.73 Å². The van der Waals surface area contributed by atoms with Gasteiger partial charge in [-0.25, -0.2) is 27.3 Å². The molecule has 0 saturated heterocycles. The standard InChI is InChI=1S/C23H19ClFN3O3S/c24-18-8-6-17(7-9-18)22-21(16-4-2-1-3-5-16)14-15-28(26-22)23(29)27-32(30,31)20-12-10-19(25)11-13-20/h1-13,21H,14-15H2,(H,27,29). The Morgan fingerprint density at radius 2 is 1.66 bits per heavy atom. The van der Waals surface area contributed by atoms with E-state index in [0.717, 1.165) is 40.4 Å². The Balaban J connectivity index is 1.64. The molecule has 6 nitrogen and oxygen atoms in total. The summed E-state index contributed by atoms with van der Waals surface area (Å²) in [7, 11) is -4.17. The lowest BCUT2D eigenvalue weighted by molar-refractivity contribution is 0.202. The minimum atomic E-state index is -4.17. The molecule has 1 atom stereocenters. The maximum absolute atomic E-state index is 13.1. The number of hydrazone groups is 1. The lowest BCUT2D eigenvalue weighted by atomic mass is 9.86. The van der Waals surface area contributed by atoms with Crippen LogP contribution >= 0.6 is 11.6 Å². The van der Waals surface area contributed by atoms with Gasteiger partial charge in [-0.2, -0.15) is 5.10 Å². The number of halogens is 2. The fourth-order valence-electron chi connectivity index (χ4n) is 3.51. The highest BCUT2D eigenvalue weighted by atomic mass is 35.5. The van der Waals surface area contributed by atoms with Crippen LogP contribution < -0.4 is 4.72 Å². The van der Waals surface area contributed by atoms with Crippen LogP contribution in [0.3, 0.4) is 0 Å². The molecule has 9 heteroatoms. The SMILES string of the molecule is O=C(NS(=O)(=O)c1ccc(F)cc1)N1CCC(c2ccccc2)C(c2ccc(Cl)cc2)=N1. The van der Waals surface area contributed by atoms with Gasteiger partial charge in [-0.3, -0.25) is 0 Å². The Morgan fingerprint density at radius 3 is 2.31 bits per heavy atom. The molecule has 0 spiro atoms. The van der Waals surface area contributed by atoms with Gasteiger partial charge in [0.15, 0.2) is 0 Å². The van der Waals surface area contributed by atoms with Crippen LogP contribution in [0, 0.1) is 5.82 Å². The fraction of sp³-hybridized carbons (Fsp3) is 0.130. The molecule has 1 heterocycles. The smallest absolute Gasteiger partial charge is 0.246 e. The highest BCUT2D eigenvalue weighted by Gasteiger charge is 2.30. The van der Waals surface area contributed by atoms with Crippen molar-refractivity contribution in [2.45, 2.75) is 17.2 Å². The Bertz CT molecular complexity index is 1250. The summed E-state index contributed by atoms with van der Waals surface area (Å²) < 4.78 is 40.2. The van der Waals surface area contributed by atoms with Gasteiger partial charge < -0.3 is 0 Å². The third-order valence-corrected chi connectivity index (χ3v) is 6.70. The van der Waals surface area contributed by atoms with Crippen LogP contribution in [0.5, 0.6) is 0 Å². The molecule has 0 fully saturated rings. The summed E-state index contributed by atoms with van der Waals surface area (Å²) in [6, 6.07) is 20.2. The number of hydrogen-bond acceptors (Lipinski definition) is 4. The first-order valence-electron chi connectivity index (χ1n) is 9.83. The third kappa shape index (κ3) is 4.81. The van der Waals surface area contributed by atoms with Crippen molar-refractivity contribution in [3.05, 3.63) is 101 Å². The fourth-order valence-corrected chi connectivity index (χ4v) is 4.59. The van der Waals surface area contributed by atoms with Crippen LogP contribution in [-0.2, 0) is 10.0 Å². The zero-order chi connectivity index (χ0) is 22.7. The zero-order valence-electron chi connectivity index (χ0n) is 16.8. The topological polar surface area (TPSA) is 78.8 Å². The Labute approximate surface area is 190 Å². The third-order valence-electron chi connectivity index (χ3n) is 5.11. The van der Waals surface area contributed by atoms with E-state index in [4.69, 9.17) is 11.6 Å². The Morgan fingerprint density at radius 1 is 1.00 bits per heavy atom. The monoisotopic (exact) mass is 471 g/mol. The molecule has 3 aromatic carbocycles. The number of nitrogens with one attached hydrogen (secondary N) is 1. The van der Waals surface area contributed by atoms with Crippen LogP contribution in [0.25, 0.3) is 0 Å². The van der Waals surface area contributed by atoms with Gasteiger partial charge >= 0.3 is 6.03 Å². The molecule has 0 radical (unpaired) electrons. The minimum absolute atomic E-state index is 0.0740. The highest BCUT2D eigenvalue weighted by Crippen LogP contribution is 2.30. The largest absolute Gasteiger partial charge is 0.351 e. The predicted octanol–water partition coefficient (Wildman–Crippen LogP) is 4.77. The molecule has 3 aromatic rings. The van der Waals surface area contributed by atoms with Crippen LogP contribution in [0.1, 0.15) is 23.5 Å². The number of nitrogens with zero attached hydrogens (tertiary/aromatic N) is 2. The summed E-state index contributed by atoms with van der Waals surface area (Å²) in [6.07, 6.45) is 0.551. The molecular weight excluding hydrogens is 453 g/mol. The van der Waals surface area contributed by atoms with E-state index >= 15 is 0 Å². The lowest BCUT2D eigenvalue weighted by Gasteiger charge is -2.30. The molecule has 0 bridgehead atoms. The van der Waals surface area contributed by atoms with E-state index in [1.54, 1.807) is 12.1 Å². The summed E-state index contributed by atoms with van der Waals surface area (Å²) in [5, 5.41) is 6.17. The van der Waals surface area contributed by atoms with E-state index in [2.05, 4.69) is 5.10 Å². The van der Waals surface area contributed by atoms with Crippen LogP contribution in [0.2, 0.25) is 5.02 Å². The number of sulfonamides is 1. The molecule has 1 N–H and O–H groups in total. The van der Waals surface area contributed by atoms with E-state index < -0.39 is 21.9 Å². The van der Waals surface area contributed by atoms with Crippen LogP contribution in [0.4, 0.5) is 9.18 Å². The molecule has 2 amide bonds. The second kappa shape index (κ2) is 9.10. The number of hydrogen-bond donors (Lipinski definition) is 1. The number of rotatable bonds is 4. The van der Waals surface area contributed by atoms with Crippen LogP contribution in [-0.4, -0.2) is 31.7 Å². The molecule has 4 rings (SSSR count). The highest BCUT2D eigenvalue weighted by molar-refractivity contribution is 7.90. The molecule has 0 aliphatic carbocycles. The summed E-state index contributed by atoms with van der Waals surface area (Å²) in [5.41, 5.74) is 2.45. The van der Waals surface area contributed by atoms with E-state index in [-0.39, 0.29) is 17.4 Å². The predicted molar refractivity (Wildman–Crippen MR) is 121 cm³/mol. The van der Waals surface area contributed by atoms with E-state index in [1.165, 1.54) is 0 Å². The first kappa shape index (κ1) is 22.0. The van der Waals surface area contributed by atoms with Gasteiger partial charge in [-0.1, -0.05) is 54.1 Å². The van der Waals surface area contributed by atoms with Crippen molar-refractivity contribution < 1.29 is 17.6 Å². The van der Waals surface area contributed by atoms with Crippen molar-refractivity contribution in [3.8, 4) is 0 Å². The van der Waals surface area contributed by atoms with Crippen molar-refractivity contribution in [3.63, 3.8) is 0 Å². The number of carbonyl (C=O) groups is 1. The zero-order valence-corrected chi connectivity index (χ0v) is 18.4. The average molecular weight is 472 g/mol. The van der Waals surface area contributed by atoms with Gasteiger partial charge in [-0.15, -0.1) is 0 Å². The minimum Gasteiger partial charge on any atom is -0.246 e. The van der Waals surface area contributed by atoms with Gasteiger partial charge in [0.05, 0.1) is 10.6 Å². The summed E-state index contributed by atoms with van der Waals surface area (Å²) in [6.45, 7) is 0.224. The first-order chi connectivity index (χ1) is 15.3. The maximum atomic E-state index is 13.1. The maximum Gasteiger partial charge on any atom is 0.351 e. The molecular formula is C23H19ClFN3O3S. The molecule has 1 aliphatic heterocycles. The average Bonchev–Trinajstić information content (AvgIpc) is 2.80. The second-order valence-corrected chi connectivity index (χ2v) is 9.35. The molecule has 1 unspecified atom stereocenters. The van der Waals surface area contributed by atoms with Crippen molar-refractivity contribution in [2.75, 3.05) is 6.54 Å². The first-order valence-corrected chi connectivity index (χ1v) is 11.7. The summed E-state index contributed by atoms with van der Waals surface area (Å²) in [5.74, 6) is -0.648. The molecule has 32 heavy (non-hydrogen) atoms. The van der Waals surface area contributed by atoms with E-state index in [1.807, 2.05) is 47.2 Å². The van der Waals surface area contributed by atoms with Gasteiger partial charge in [0.25, 0.3) is 10.0 Å². The summed E-state index contributed by atoms with van der Waals surface area (Å²) >= 11 is 6.02. The van der Waals surface area contributed by atoms with E-state index in [0.29, 0.717) is 17.2 Å². The van der Waals surface area contributed by atoms with Crippen LogP contribution in [0.15, 0.2) is 88.9 Å². The Kier molecular flexibility index (Phi) is 6.25. The number of urea groups is 1. The number of benzene rings is 3. The van der Waals surface area contributed by atoms with Gasteiger partial charge in [0.2, 0.25) is 0 Å². The van der Waals surface area contributed by atoms with Crippen molar-refractivity contribution in [2.24, 2.45) is 5.10 Å². The molecule has 1 aliphatic rings. The van der Waals surface area contributed by atoms with E-state index in [9.17, 15) is 17.6 Å². The van der Waals surface area contributed by atoms with Gasteiger partial charge in [0.1, 0.15) is 5.82 Å². The molecule has 164 valence electrons. The molecule has 0 aromatic heterocycles. The van der Waals surface area contributed by atoms with Crippen molar-refractivity contribution in [1.29, 1.82) is 0 Å². The van der Waals surface area contributed by atoms with Gasteiger partial charge in [-0.05, 0) is 53.9 Å². The van der Waals surface area contributed by atoms with Crippen molar-refractivity contribution >= 4 is 33.4 Å². The number of amides is 2. The normalized spacial score (nSPS) is 16.4. The number of carbonyl (C=O) groups excluding carboxylic acids is 1. The second-order valence-electron chi connectivity index (χ2n) is 7.23. The van der Waals surface area contributed by atoms with Gasteiger partial charge in [0, 0.05) is 17.5 Å². The Hall–Kier alpha value is -3.23.